The van der Waals surface area contributed by atoms with Crippen molar-refractivity contribution in [2.24, 2.45) is 0 Å². The highest BCUT2D eigenvalue weighted by Gasteiger charge is 2.20. The summed E-state index contributed by atoms with van der Waals surface area (Å²) in [6, 6.07) is 11.2. The predicted octanol–water partition coefficient (Wildman–Crippen LogP) is 3.51. The van der Waals surface area contributed by atoms with E-state index in [-0.39, 0.29) is 27.2 Å². The van der Waals surface area contributed by atoms with Gasteiger partial charge in [-0.05, 0) is 24.3 Å². The highest BCUT2D eigenvalue weighted by molar-refractivity contribution is 7.99. The van der Waals surface area contributed by atoms with Crippen molar-refractivity contribution in [2.45, 2.75) is 15.5 Å². The van der Waals surface area contributed by atoms with E-state index in [4.69, 9.17) is 0 Å². The van der Waals surface area contributed by atoms with Crippen LogP contribution in [-0.4, -0.2) is 19.3 Å². The van der Waals surface area contributed by atoms with Crippen LogP contribution in [0, 0.1) is 0 Å². The van der Waals surface area contributed by atoms with E-state index in [1.165, 1.54) is 48.5 Å². The Labute approximate surface area is 124 Å². The van der Waals surface area contributed by atoms with E-state index in [0.717, 1.165) is 0 Å². The van der Waals surface area contributed by atoms with Crippen molar-refractivity contribution >= 4 is 27.5 Å². The maximum atomic E-state index is 12.5. The monoisotopic (exact) mass is 331 g/mol. The summed E-state index contributed by atoms with van der Waals surface area (Å²) < 4.78 is 51.5. The molecular weight excluding hydrogens is 320 g/mol. The summed E-state index contributed by atoms with van der Waals surface area (Å²) in [5, 5.41) is 9.59. The van der Waals surface area contributed by atoms with Gasteiger partial charge in [0.05, 0.1) is 5.69 Å². The molecule has 2 N–H and O–H groups in total. The van der Waals surface area contributed by atoms with Crippen molar-refractivity contribution < 1.29 is 22.3 Å². The van der Waals surface area contributed by atoms with Crippen molar-refractivity contribution in [3.8, 4) is 5.75 Å². The Balaban J connectivity index is 2.36. The maximum absolute atomic E-state index is 12.5. The molecule has 0 amide bonds. The maximum Gasteiger partial charge on any atom is 0.288 e. The van der Waals surface area contributed by atoms with Gasteiger partial charge in [0.25, 0.3) is 15.8 Å². The van der Waals surface area contributed by atoms with Gasteiger partial charge in [-0.1, -0.05) is 36.0 Å². The number of thioether (sulfide) groups is 1. The van der Waals surface area contributed by atoms with Crippen LogP contribution in [0.15, 0.2) is 58.3 Å². The fraction of sp³-hybridized carbons (Fsp3) is 0.0769. The van der Waals surface area contributed by atoms with Gasteiger partial charge >= 0.3 is 0 Å². The standard InChI is InChI=1S/C13H11F2NO3S2/c14-13(15)20-11-7-3-1-5-9(11)16-21(18,19)12-8-4-2-6-10(12)17/h1-8,13,16-17H. The number of hydrogen-bond acceptors (Lipinski definition) is 4. The van der Waals surface area contributed by atoms with E-state index < -0.39 is 21.5 Å². The van der Waals surface area contributed by atoms with E-state index in [0.29, 0.717) is 0 Å². The Morgan fingerprint density at radius 1 is 1.05 bits per heavy atom. The lowest BCUT2D eigenvalue weighted by atomic mass is 10.3. The third kappa shape index (κ3) is 3.85. The number of para-hydroxylation sites is 2. The molecule has 2 aromatic rings. The number of aromatic hydroxyl groups is 1. The van der Waals surface area contributed by atoms with Crippen molar-refractivity contribution in [1.29, 1.82) is 0 Å². The zero-order valence-corrected chi connectivity index (χ0v) is 12.2. The van der Waals surface area contributed by atoms with Crippen LogP contribution in [0.4, 0.5) is 14.5 Å². The molecule has 0 fully saturated rings. The zero-order valence-electron chi connectivity index (χ0n) is 10.5. The summed E-state index contributed by atoms with van der Waals surface area (Å²) in [5.41, 5.74) is 0.0334. The molecule has 0 aliphatic rings. The summed E-state index contributed by atoms with van der Waals surface area (Å²) in [5.74, 6) is -3.08. The molecule has 0 spiro atoms. The Morgan fingerprint density at radius 3 is 2.33 bits per heavy atom. The van der Waals surface area contributed by atoms with E-state index in [2.05, 4.69) is 4.72 Å². The second-order valence-electron chi connectivity index (χ2n) is 3.95. The number of phenolic OH excluding ortho intramolecular Hbond substituents is 1. The summed E-state index contributed by atoms with van der Waals surface area (Å²) in [7, 11) is -4.06. The number of sulfonamides is 1. The molecule has 2 aromatic carbocycles. The molecule has 21 heavy (non-hydrogen) atoms. The highest BCUT2D eigenvalue weighted by Crippen LogP contribution is 2.33. The molecule has 0 saturated carbocycles. The number of alkyl halides is 2. The van der Waals surface area contributed by atoms with Gasteiger partial charge in [0.15, 0.2) is 0 Å². The van der Waals surface area contributed by atoms with Crippen LogP contribution < -0.4 is 4.72 Å². The lowest BCUT2D eigenvalue weighted by Gasteiger charge is -2.12. The molecule has 112 valence electrons. The molecule has 0 aliphatic carbocycles. The van der Waals surface area contributed by atoms with E-state index in [9.17, 15) is 22.3 Å². The smallest absolute Gasteiger partial charge is 0.288 e. The molecule has 0 aliphatic heterocycles. The van der Waals surface area contributed by atoms with Crippen LogP contribution in [0.2, 0.25) is 0 Å². The third-order valence-corrected chi connectivity index (χ3v) is 4.70. The minimum Gasteiger partial charge on any atom is -0.507 e. The number of nitrogens with one attached hydrogen (secondary N) is 1. The van der Waals surface area contributed by atoms with E-state index in [1.807, 2.05) is 0 Å². The lowest BCUT2D eigenvalue weighted by Crippen LogP contribution is -2.13. The Kier molecular flexibility index (Phi) is 4.69. The van der Waals surface area contributed by atoms with Crippen LogP contribution in [0.5, 0.6) is 5.75 Å². The summed E-state index contributed by atoms with van der Waals surface area (Å²) in [6.07, 6.45) is 0. The molecular formula is C13H11F2NO3S2. The molecule has 2 rings (SSSR count). The van der Waals surface area contributed by atoms with E-state index >= 15 is 0 Å². The summed E-state index contributed by atoms with van der Waals surface area (Å²) in [4.78, 5) is -0.214. The Bertz CT molecular complexity index is 736. The van der Waals surface area contributed by atoms with Gasteiger partial charge in [0.1, 0.15) is 10.6 Å². The number of hydrogen-bond donors (Lipinski definition) is 2. The molecule has 0 unspecified atom stereocenters. The predicted molar refractivity (Wildman–Crippen MR) is 77.2 cm³/mol. The molecule has 0 saturated heterocycles. The highest BCUT2D eigenvalue weighted by atomic mass is 32.2. The SMILES string of the molecule is O=S(=O)(Nc1ccccc1SC(F)F)c1ccccc1O. The van der Waals surface area contributed by atoms with Gasteiger partial charge in [0, 0.05) is 4.90 Å². The first-order valence-corrected chi connectivity index (χ1v) is 8.11. The van der Waals surface area contributed by atoms with Gasteiger partial charge in [-0.15, -0.1) is 0 Å². The van der Waals surface area contributed by atoms with E-state index in [1.54, 1.807) is 0 Å². The molecule has 4 nitrogen and oxygen atoms in total. The first-order chi connectivity index (χ1) is 9.90. The van der Waals surface area contributed by atoms with Gasteiger partial charge in [-0.25, -0.2) is 8.42 Å². The minimum atomic E-state index is -4.06. The molecule has 8 heteroatoms. The average molecular weight is 331 g/mol. The molecule has 0 atom stereocenters. The van der Waals surface area contributed by atoms with Crippen molar-refractivity contribution in [3.05, 3.63) is 48.5 Å². The van der Waals surface area contributed by atoms with Crippen molar-refractivity contribution in [1.82, 2.24) is 0 Å². The number of halogens is 2. The third-order valence-electron chi connectivity index (χ3n) is 2.50. The average Bonchev–Trinajstić information content (AvgIpc) is 2.40. The molecule has 0 radical (unpaired) electrons. The van der Waals surface area contributed by atoms with Crippen LogP contribution in [-0.2, 0) is 10.0 Å². The van der Waals surface area contributed by atoms with Crippen molar-refractivity contribution in [3.63, 3.8) is 0 Å². The minimum absolute atomic E-state index is 0.0334. The van der Waals surface area contributed by atoms with Gasteiger partial charge in [-0.2, -0.15) is 8.78 Å². The first kappa shape index (κ1) is 15.6. The van der Waals surface area contributed by atoms with Gasteiger partial charge in [0.2, 0.25) is 0 Å². The second-order valence-corrected chi connectivity index (χ2v) is 6.63. The van der Waals surface area contributed by atoms with Crippen LogP contribution in [0.25, 0.3) is 0 Å². The van der Waals surface area contributed by atoms with Crippen LogP contribution in [0.1, 0.15) is 0 Å². The Morgan fingerprint density at radius 2 is 1.67 bits per heavy atom. The fourth-order valence-corrected chi connectivity index (χ4v) is 3.47. The molecule has 0 aromatic heterocycles. The summed E-state index contributed by atoms with van der Waals surface area (Å²) >= 11 is 0.242. The number of phenols is 1. The van der Waals surface area contributed by atoms with Gasteiger partial charge < -0.3 is 5.11 Å². The largest absolute Gasteiger partial charge is 0.507 e. The summed E-state index contributed by atoms with van der Waals surface area (Å²) in [6.45, 7) is 0. The number of anilines is 1. The fourth-order valence-electron chi connectivity index (χ4n) is 1.63. The van der Waals surface area contributed by atoms with Gasteiger partial charge in [-0.3, -0.25) is 4.72 Å². The number of benzene rings is 2. The lowest BCUT2D eigenvalue weighted by molar-refractivity contribution is 0.252. The van der Waals surface area contributed by atoms with Crippen molar-refractivity contribution in [2.75, 3.05) is 4.72 Å². The Hall–Kier alpha value is -1.80. The molecule has 0 heterocycles. The topological polar surface area (TPSA) is 66.4 Å². The van der Waals surface area contributed by atoms with Crippen LogP contribution >= 0.6 is 11.8 Å². The normalized spacial score (nSPS) is 11.6. The quantitative estimate of drug-likeness (QED) is 0.823. The second kappa shape index (κ2) is 6.31. The zero-order chi connectivity index (χ0) is 15.5. The van der Waals surface area contributed by atoms with Crippen LogP contribution in [0.3, 0.4) is 0 Å². The first-order valence-electron chi connectivity index (χ1n) is 5.75. The molecule has 0 bridgehead atoms. The number of rotatable bonds is 5.